The zero-order chi connectivity index (χ0) is 71.2. The summed E-state index contributed by atoms with van der Waals surface area (Å²) in [5, 5.41) is 30.0. The van der Waals surface area contributed by atoms with Gasteiger partial charge in [-0.05, 0) is 12.8 Å². The Kier molecular flexibility index (Phi) is 85.5. The Hall–Kier alpha value is -2.59. The SMILES string of the molecule is O=C(O)CCCCCCCCCCCCCC(CNCCOCCOCCOCCOCCOCCOCCOCCOCCOCCOCCOCCOCCOCCOCCOCCOCCOCCOCCOCCOCCOCCOCCOCCOCCC(=O)O)C(=O)O. The average molecular weight is 1440 g/mol. The van der Waals surface area contributed by atoms with Crippen molar-refractivity contribution in [3.05, 3.63) is 0 Å². The first-order chi connectivity index (χ1) is 48.9. The van der Waals surface area contributed by atoms with E-state index in [0.29, 0.717) is 330 Å². The maximum Gasteiger partial charge on any atom is 0.307 e. The van der Waals surface area contributed by atoms with Crippen LogP contribution in [0.15, 0.2) is 0 Å². The predicted octanol–water partition coefficient (Wildman–Crippen LogP) is 4.31. The lowest BCUT2D eigenvalue weighted by Crippen LogP contribution is -2.31. The molecule has 590 valence electrons. The van der Waals surface area contributed by atoms with Crippen molar-refractivity contribution in [3.8, 4) is 0 Å². The van der Waals surface area contributed by atoms with Gasteiger partial charge in [0.2, 0.25) is 0 Å². The molecule has 0 heterocycles. The lowest BCUT2D eigenvalue weighted by atomic mass is 9.99. The number of hydrogen-bond acceptors (Lipinski definition) is 28. The third kappa shape index (κ3) is 89.6. The van der Waals surface area contributed by atoms with E-state index in [9.17, 15) is 19.5 Å². The number of aliphatic carboxylic acids is 3. The molecule has 0 aliphatic rings. The third-order valence-electron chi connectivity index (χ3n) is 13.6. The Morgan fingerprint density at radius 1 is 0.202 bits per heavy atom. The van der Waals surface area contributed by atoms with E-state index in [1.807, 2.05) is 0 Å². The molecule has 4 N–H and O–H groups in total. The van der Waals surface area contributed by atoms with Crippen LogP contribution in [0.5, 0.6) is 0 Å². The van der Waals surface area contributed by atoms with Crippen molar-refractivity contribution in [2.24, 2.45) is 5.92 Å². The maximum atomic E-state index is 11.7. The summed E-state index contributed by atoms with van der Waals surface area (Å²) in [5.74, 6) is -2.74. The minimum Gasteiger partial charge on any atom is -0.481 e. The summed E-state index contributed by atoms with van der Waals surface area (Å²) in [5.41, 5.74) is 0. The highest BCUT2D eigenvalue weighted by atomic mass is 16.6. The van der Waals surface area contributed by atoms with E-state index >= 15 is 0 Å². The topological polar surface area (TPSA) is 345 Å². The summed E-state index contributed by atoms with van der Waals surface area (Å²) >= 11 is 0. The van der Waals surface area contributed by atoms with Gasteiger partial charge in [0.25, 0.3) is 0 Å². The quantitative estimate of drug-likeness (QED) is 0.0616. The summed E-state index contributed by atoms with van der Waals surface area (Å²) in [4.78, 5) is 32.6. The highest BCUT2D eigenvalue weighted by Crippen LogP contribution is 2.15. The molecule has 0 amide bonds. The predicted molar refractivity (Wildman–Crippen MR) is 364 cm³/mol. The molecule has 0 spiro atoms. The molecule has 0 aromatic rings. The van der Waals surface area contributed by atoms with Gasteiger partial charge >= 0.3 is 17.9 Å². The van der Waals surface area contributed by atoms with Gasteiger partial charge in [-0.2, -0.15) is 0 Å². The van der Waals surface area contributed by atoms with Crippen LogP contribution in [0, 0.1) is 5.92 Å². The van der Waals surface area contributed by atoms with Crippen LogP contribution in [0.4, 0.5) is 0 Å². The standard InChI is InChI=1S/C68H133NO30/c70-66(71)13-11-9-7-5-3-1-2-4-6-8-10-12-65(68(74)75)64-69-15-17-77-19-21-79-23-25-81-27-29-83-31-33-85-35-37-87-39-41-89-43-45-91-47-49-93-51-53-95-55-57-97-59-61-99-63-62-98-60-58-96-56-54-94-52-50-92-48-46-90-44-42-88-40-38-86-36-34-84-32-30-82-28-26-80-24-22-78-20-18-76-16-14-67(72)73/h65,69H,1-64H2,(H,70,71)(H,72,73)(H,74,75). The minimum absolute atomic E-state index is 0.0122. The number of carboxylic acid groups (broad SMARTS) is 3. The van der Waals surface area contributed by atoms with Crippen molar-refractivity contribution < 1.29 is 143 Å². The molecule has 1 atom stereocenters. The van der Waals surface area contributed by atoms with Gasteiger partial charge in [0, 0.05) is 19.5 Å². The Bertz CT molecular complexity index is 1580. The van der Waals surface area contributed by atoms with Crippen LogP contribution < -0.4 is 5.32 Å². The van der Waals surface area contributed by atoms with Crippen LogP contribution in [0.3, 0.4) is 0 Å². The fourth-order valence-corrected chi connectivity index (χ4v) is 8.31. The first-order valence-corrected chi connectivity index (χ1v) is 36.2. The van der Waals surface area contributed by atoms with Gasteiger partial charge in [-0.3, -0.25) is 14.4 Å². The zero-order valence-corrected chi connectivity index (χ0v) is 60.2. The molecule has 0 saturated carbocycles. The molecular formula is C68H133NO30. The molecular weight excluding hydrogens is 1310 g/mol. The van der Waals surface area contributed by atoms with Gasteiger partial charge in [0.05, 0.1) is 329 Å². The first kappa shape index (κ1) is 96.4. The lowest BCUT2D eigenvalue weighted by molar-refractivity contribution is -0.142. The number of ether oxygens (including phenoxy) is 24. The highest BCUT2D eigenvalue weighted by molar-refractivity contribution is 5.70. The van der Waals surface area contributed by atoms with E-state index in [1.54, 1.807) is 0 Å². The average Bonchev–Trinajstić information content (AvgIpc) is 3.55. The van der Waals surface area contributed by atoms with Crippen LogP contribution in [0.2, 0.25) is 0 Å². The zero-order valence-electron chi connectivity index (χ0n) is 60.2. The van der Waals surface area contributed by atoms with Crippen molar-refractivity contribution in [3.63, 3.8) is 0 Å². The van der Waals surface area contributed by atoms with Gasteiger partial charge in [0.1, 0.15) is 0 Å². The Morgan fingerprint density at radius 2 is 0.364 bits per heavy atom. The van der Waals surface area contributed by atoms with Gasteiger partial charge in [-0.15, -0.1) is 0 Å². The molecule has 0 aromatic heterocycles. The van der Waals surface area contributed by atoms with E-state index < -0.39 is 17.9 Å². The molecule has 0 saturated heterocycles. The molecule has 0 radical (unpaired) electrons. The molecule has 99 heavy (non-hydrogen) atoms. The van der Waals surface area contributed by atoms with E-state index in [1.165, 1.54) is 32.1 Å². The fourth-order valence-electron chi connectivity index (χ4n) is 8.31. The lowest BCUT2D eigenvalue weighted by Gasteiger charge is -2.13. The molecule has 0 bridgehead atoms. The van der Waals surface area contributed by atoms with Gasteiger partial charge < -0.3 is 134 Å². The van der Waals surface area contributed by atoms with E-state index in [4.69, 9.17) is 124 Å². The van der Waals surface area contributed by atoms with Gasteiger partial charge in [-0.1, -0.05) is 64.2 Å². The molecule has 0 fully saturated rings. The normalized spacial score (nSPS) is 12.0. The molecule has 0 rings (SSSR count). The molecule has 0 aliphatic carbocycles. The molecule has 31 nitrogen and oxygen atoms in total. The number of carboxylic acids is 3. The van der Waals surface area contributed by atoms with Crippen molar-refractivity contribution in [1.82, 2.24) is 5.32 Å². The maximum absolute atomic E-state index is 11.7. The van der Waals surface area contributed by atoms with Crippen molar-refractivity contribution in [1.29, 1.82) is 0 Å². The minimum atomic E-state index is -0.882. The second-order valence-electron chi connectivity index (χ2n) is 21.9. The molecule has 31 heteroatoms. The van der Waals surface area contributed by atoms with Crippen LogP contribution >= 0.6 is 0 Å². The number of unbranched alkanes of at least 4 members (excludes halogenated alkanes) is 10. The monoisotopic (exact) mass is 1440 g/mol. The summed E-state index contributed by atoms with van der Waals surface area (Å²) in [6.07, 6.45) is 12.9. The van der Waals surface area contributed by atoms with Gasteiger partial charge in [-0.25, -0.2) is 0 Å². The number of rotatable bonds is 92. The molecule has 0 aliphatic heterocycles. The van der Waals surface area contributed by atoms with Gasteiger partial charge in [0.15, 0.2) is 0 Å². The number of nitrogens with one attached hydrogen (secondary N) is 1. The smallest absolute Gasteiger partial charge is 0.307 e. The Morgan fingerprint density at radius 3 is 0.545 bits per heavy atom. The summed E-state index contributed by atoms with van der Waals surface area (Å²) in [6.45, 7) is 23.1. The highest BCUT2D eigenvalue weighted by Gasteiger charge is 2.16. The Balaban J connectivity index is 3.17. The van der Waals surface area contributed by atoms with Crippen LogP contribution in [-0.2, 0) is 128 Å². The van der Waals surface area contributed by atoms with Crippen molar-refractivity contribution in [2.45, 2.75) is 89.9 Å². The number of hydrogen-bond donors (Lipinski definition) is 4. The fraction of sp³-hybridized carbons (Fsp3) is 0.956. The summed E-state index contributed by atoms with van der Waals surface area (Å²) in [7, 11) is 0. The van der Waals surface area contributed by atoms with Crippen molar-refractivity contribution in [2.75, 3.05) is 330 Å². The molecule has 1 unspecified atom stereocenters. The van der Waals surface area contributed by atoms with Crippen LogP contribution in [0.25, 0.3) is 0 Å². The number of carbonyl (C=O) groups is 3. The summed E-state index contributed by atoms with van der Waals surface area (Å²) in [6, 6.07) is 0. The largest absolute Gasteiger partial charge is 0.481 e. The summed E-state index contributed by atoms with van der Waals surface area (Å²) < 4.78 is 132. The van der Waals surface area contributed by atoms with E-state index in [0.717, 1.165) is 38.5 Å². The first-order valence-electron chi connectivity index (χ1n) is 36.2. The second kappa shape index (κ2) is 87.8. The van der Waals surface area contributed by atoms with Crippen molar-refractivity contribution >= 4 is 17.9 Å². The van der Waals surface area contributed by atoms with Crippen LogP contribution in [0.1, 0.15) is 89.9 Å². The Labute approximate surface area is 590 Å². The molecule has 0 aromatic carbocycles. The van der Waals surface area contributed by atoms with Crippen LogP contribution in [-0.4, -0.2) is 363 Å². The van der Waals surface area contributed by atoms with E-state index in [2.05, 4.69) is 5.32 Å². The third-order valence-corrected chi connectivity index (χ3v) is 13.6. The second-order valence-corrected chi connectivity index (χ2v) is 21.9. The van der Waals surface area contributed by atoms with E-state index in [-0.39, 0.29) is 25.4 Å².